The number of H-pyrrole nitrogens is 1. The number of rotatable bonds is 5. The van der Waals surface area contributed by atoms with Crippen molar-refractivity contribution < 1.29 is 14.3 Å². The van der Waals surface area contributed by atoms with Crippen LogP contribution in [0.3, 0.4) is 0 Å². The highest BCUT2D eigenvalue weighted by molar-refractivity contribution is 6.30. The van der Waals surface area contributed by atoms with Crippen LogP contribution in [-0.2, 0) is 16.0 Å². The van der Waals surface area contributed by atoms with Crippen LogP contribution in [0.5, 0.6) is 0 Å². The van der Waals surface area contributed by atoms with Crippen molar-refractivity contribution in [3.8, 4) is 0 Å². The predicted molar refractivity (Wildman–Crippen MR) is 91.9 cm³/mol. The van der Waals surface area contributed by atoms with Crippen molar-refractivity contribution >= 4 is 34.4 Å². The average molecular weight is 343 g/mol. The van der Waals surface area contributed by atoms with Crippen LogP contribution in [0, 0.1) is 0 Å². The lowest BCUT2D eigenvalue weighted by Gasteiger charge is -2.14. The maximum absolute atomic E-state index is 12.3. The fourth-order valence-electron chi connectivity index (χ4n) is 2.41. The van der Waals surface area contributed by atoms with Crippen molar-refractivity contribution in [3.63, 3.8) is 0 Å². The summed E-state index contributed by atoms with van der Waals surface area (Å²) in [5.74, 6) is -1.32. The topological polar surface area (TPSA) is 85.2 Å². The van der Waals surface area contributed by atoms with Gasteiger partial charge in [-0.15, -0.1) is 0 Å². The number of benzene rings is 2. The van der Waals surface area contributed by atoms with E-state index < -0.39 is 18.0 Å². The van der Waals surface area contributed by atoms with Gasteiger partial charge in [0.1, 0.15) is 5.69 Å². The smallest absolute Gasteiger partial charge is 0.355 e. The Balaban J connectivity index is 1.76. The zero-order chi connectivity index (χ0) is 17.1. The van der Waals surface area contributed by atoms with Gasteiger partial charge in [0.2, 0.25) is 0 Å². The Morgan fingerprint density at radius 3 is 2.50 bits per heavy atom. The molecule has 1 atom stereocenters. The van der Waals surface area contributed by atoms with Gasteiger partial charge in [-0.25, -0.2) is 4.79 Å². The van der Waals surface area contributed by atoms with E-state index in [1.54, 1.807) is 30.3 Å². The van der Waals surface area contributed by atoms with E-state index in [0.29, 0.717) is 5.02 Å². The SMILES string of the molecule is NC(=O)C(Cc1ccc(Cl)cc1)OC(=O)c1cc2ccccc2[nH]1. The molecule has 1 aromatic heterocycles. The zero-order valence-electron chi connectivity index (χ0n) is 12.7. The minimum atomic E-state index is -1.05. The number of nitrogens with two attached hydrogens (primary N) is 1. The molecule has 6 heteroatoms. The third-order valence-corrected chi connectivity index (χ3v) is 3.90. The molecule has 3 N–H and O–H groups in total. The van der Waals surface area contributed by atoms with Crippen LogP contribution < -0.4 is 5.73 Å². The Labute approximate surface area is 143 Å². The van der Waals surface area contributed by atoms with Gasteiger partial charge < -0.3 is 15.5 Å². The molecule has 1 amide bonds. The summed E-state index contributed by atoms with van der Waals surface area (Å²) in [6.45, 7) is 0. The lowest BCUT2D eigenvalue weighted by molar-refractivity contribution is -0.126. The number of carbonyl (C=O) groups excluding carboxylic acids is 2. The van der Waals surface area contributed by atoms with Crippen LogP contribution in [0.25, 0.3) is 10.9 Å². The molecule has 0 spiro atoms. The van der Waals surface area contributed by atoms with Crippen molar-refractivity contribution in [1.82, 2.24) is 4.98 Å². The summed E-state index contributed by atoms with van der Waals surface area (Å²) in [4.78, 5) is 26.9. The molecule has 0 fully saturated rings. The van der Waals surface area contributed by atoms with Crippen LogP contribution in [-0.4, -0.2) is 23.0 Å². The zero-order valence-corrected chi connectivity index (χ0v) is 13.4. The number of para-hydroxylation sites is 1. The monoisotopic (exact) mass is 342 g/mol. The summed E-state index contributed by atoms with van der Waals surface area (Å²) in [5.41, 5.74) is 7.26. The highest BCUT2D eigenvalue weighted by Crippen LogP contribution is 2.17. The van der Waals surface area contributed by atoms with Crippen LogP contribution in [0.2, 0.25) is 5.02 Å². The van der Waals surface area contributed by atoms with Crippen molar-refractivity contribution in [2.45, 2.75) is 12.5 Å². The maximum atomic E-state index is 12.3. The van der Waals surface area contributed by atoms with E-state index in [1.165, 1.54) is 0 Å². The quantitative estimate of drug-likeness (QED) is 0.699. The Morgan fingerprint density at radius 2 is 1.83 bits per heavy atom. The normalized spacial score (nSPS) is 12.0. The molecule has 1 unspecified atom stereocenters. The van der Waals surface area contributed by atoms with Crippen LogP contribution in [0.1, 0.15) is 16.1 Å². The average Bonchev–Trinajstić information content (AvgIpc) is 3.00. The molecule has 0 bridgehead atoms. The third-order valence-electron chi connectivity index (χ3n) is 3.65. The van der Waals surface area contributed by atoms with Gasteiger partial charge >= 0.3 is 5.97 Å². The van der Waals surface area contributed by atoms with Gasteiger partial charge in [-0.2, -0.15) is 0 Å². The van der Waals surface area contributed by atoms with Gasteiger partial charge in [0.25, 0.3) is 5.91 Å². The van der Waals surface area contributed by atoms with E-state index in [4.69, 9.17) is 22.1 Å². The molecule has 2 aromatic carbocycles. The van der Waals surface area contributed by atoms with Crippen molar-refractivity contribution in [2.24, 2.45) is 5.73 Å². The molecule has 3 rings (SSSR count). The number of aromatic nitrogens is 1. The van der Waals surface area contributed by atoms with E-state index >= 15 is 0 Å². The Hall–Kier alpha value is -2.79. The van der Waals surface area contributed by atoms with Gasteiger partial charge in [-0.05, 0) is 29.8 Å². The minimum Gasteiger partial charge on any atom is -0.447 e. The minimum absolute atomic E-state index is 0.193. The molecule has 0 aliphatic heterocycles. The highest BCUT2D eigenvalue weighted by atomic mass is 35.5. The third kappa shape index (κ3) is 3.58. The van der Waals surface area contributed by atoms with Crippen molar-refractivity contribution in [1.29, 1.82) is 0 Å². The first-order valence-electron chi connectivity index (χ1n) is 7.35. The number of fused-ring (bicyclic) bond motifs is 1. The number of halogens is 1. The molecule has 1 heterocycles. The summed E-state index contributed by atoms with van der Waals surface area (Å²) < 4.78 is 5.28. The van der Waals surface area contributed by atoms with E-state index in [0.717, 1.165) is 16.5 Å². The number of hydrogen-bond donors (Lipinski definition) is 2. The Kier molecular flexibility index (Phi) is 4.53. The van der Waals surface area contributed by atoms with Gasteiger partial charge in [0.15, 0.2) is 6.10 Å². The first-order valence-corrected chi connectivity index (χ1v) is 7.73. The number of primary amides is 1. The van der Waals surface area contributed by atoms with E-state index in [2.05, 4.69) is 4.98 Å². The number of carbonyl (C=O) groups is 2. The van der Waals surface area contributed by atoms with Crippen LogP contribution >= 0.6 is 11.6 Å². The highest BCUT2D eigenvalue weighted by Gasteiger charge is 2.22. The maximum Gasteiger partial charge on any atom is 0.355 e. The lowest BCUT2D eigenvalue weighted by atomic mass is 10.1. The van der Waals surface area contributed by atoms with E-state index in [9.17, 15) is 9.59 Å². The molecule has 0 aliphatic rings. The second-order valence-corrected chi connectivity index (χ2v) is 5.83. The molecule has 122 valence electrons. The van der Waals surface area contributed by atoms with Gasteiger partial charge in [0, 0.05) is 22.3 Å². The van der Waals surface area contributed by atoms with Gasteiger partial charge in [-0.1, -0.05) is 41.9 Å². The number of hydrogen-bond acceptors (Lipinski definition) is 3. The molecule has 24 heavy (non-hydrogen) atoms. The Bertz CT molecular complexity index is 854. The van der Waals surface area contributed by atoms with Crippen molar-refractivity contribution in [2.75, 3.05) is 0 Å². The lowest BCUT2D eigenvalue weighted by Crippen LogP contribution is -2.35. The standard InChI is InChI=1S/C18H15ClN2O3/c19-13-7-5-11(6-8-13)9-16(17(20)22)24-18(23)15-10-12-3-1-2-4-14(12)21-15/h1-8,10,16,21H,9H2,(H2,20,22). The molecule has 0 saturated carbocycles. The number of esters is 1. The number of ether oxygens (including phenoxy) is 1. The molecule has 0 radical (unpaired) electrons. The molecule has 3 aromatic rings. The molecular formula is C18H15ClN2O3. The van der Waals surface area contributed by atoms with Crippen molar-refractivity contribution in [3.05, 3.63) is 70.9 Å². The number of nitrogens with one attached hydrogen (secondary N) is 1. The predicted octanol–water partition coefficient (Wildman–Crippen LogP) is 3.07. The molecule has 0 saturated heterocycles. The first-order chi connectivity index (χ1) is 11.5. The van der Waals surface area contributed by atoms with Crippen LogP contribution in [0.4, 0.5) is 0 Å². The summed E-state index contributed by atoms with van der Waals surface area (Å²) in [7, 11) is 0. The fraction of sp³-hybridized carbons (Fsp3) is 0.111. The second-order valence-electron chi connectivity index (χ2n) is 5.40. The van der Waals surface area contributed by atoms with E-state index in [1.807, 2.05) is 24.3 Å². The van der Waals surface area contributed by atoms with Gasteiger partial charge in [0.05, 0.1) is 0 Å². The number of aromatic amines is 1. The molecule has 0 aliphatic carbocycles. The molecule has 5 nitrogen and oxygen atoms in total. The first kappa shape index (κ1) is 16.1. The largest absolute Gasteiger partial charge is 0.447 e. The summed E-state index contributed by atoms with van der Waals surface area (Å²) in [6, 6.07) is 16.1. The summed E-state index contributed by atoms with van der Waals surface area (Å²) in [5, 5.41) is 1.47. The summed E-state index contributed by atoms with van der Waals surface area (Å²) >= 11 is 5.83. The molecular weight excluding hydrogens is 328 g/mol. The van der Waals surface area contributed by atoms with Crippen LogP contribution in [0.15, 0.2) is 54.6 Å². The second kappa shape index (κ2) is 6.76. The van der Waals surface area contributed by atoms with E-state index in [-0.39, 0.29) is 12.1 Å². The Morgan fingerprint density at radius 1 is 1.12 bits per heavy atom. The summed E-state index contributed by atoms with van der Waals surface area (Å²) in [6.07, 6.45) is -0.858. The fourth-order valence-corrected chi connectivity index (χ4v) is 2.54. The van der Waals surface area contributed by atoms with Gasteiger partial charge in [-0.3, -0.25) is 4.79 Å². The number of amides is 1.